The number of aliphatic imine (C=N–C) groups is 1. The first-order chi connectivity index (χ1) is 6.24. The van der Waals surface area contributed by atoms with Crippen molar-refractivity contribution in [1.29, 1.82) is 0 Å². The average Bonchev–Trinajstić information content (AvgIpc) is 2.89. The second-order valence-corrected chi connectivity index (χ2v) is 3.29. The van der Waals surface area contributed by atoms with Gasteiger partial charge in [-0.25, -0.2) is 4.79 Å². The predicted octanol–water partition coefficient (Wildman–Crippen LogP) is 0.836. The minimum Gasteiger partial charge on any atom is -0.509 e. The van der Waals surface area contributed by atoms with E-state index in [1.165, 1.54) is 7.11 Å². The van der Waals surface area contributed by atoms with Crippen molar-refractivity contribution in [3.8, 4) is 0 Å². The average molecular weight is 181 g/mol. The number of carbonyl (C=O) groups excluding carboxylic acids is 1. The molecule has 13 heavy (non-hydrogen) atoms. The van der Waals surface area contributed by atoms with E-state index in [-0.39, 0.29) is 12.3 Å². The summed E-state index contributed by atoms with van der Waals surface area (Å²) in [6, 6.07) is 0. The molecule has 0 radical (unpaired) electrons. The molecule has 0 saturated heterocycles. The number of methoxy groups -OCH3 is 1. The minimum atomic E-state index is -0.472. The van der Waals surface area contributed by atoms with E-state index in [1.54, 1.807) is 0 Å². The van der Waals surface area contributed by atoms with Crippen molar-refractivity contribution in [1.82, 2.24) is 0 Å². The SMILES string of the molecule is COC(=O)C1=C(O)CN=C1C1CC1. The Labute approximate surface area is 75.9 Å². The second kappa shape index (κ2) is 2.87. The second-order valence-electron chi connectivity index (χ2n) is 3.29. The van der Waals surface area contributed by atoms with E-state index in [0.29, 0.717) is 11.5 Å². The zero-order chi connectivity index (χ0) is 9.42. The first-order valence-corrected chi connectivity index (χ1v) is 4.29. The summed E-state index contributed by atoms with van der Waals surface area (Å²) < 4.78 is 4.58. The maximum atomic E-state index is 11.2. The fraction of sp³-hybridized carbons (Fsp3) is 0.556. The third-order valence-electron chi connectivity index (χ3n) is 2.30. The quantitative estimate of drug-likeness (QED) is 0.642. The van der Waals surface area contributed by atoms with Gasteiger partial charge in [0.05, 0.1) is 19.4 Å². The highest BCUT2D eigenvalue weighted by molar-refractivity contribution is 6.22. The Hall–Kier alpha value is -1.32. The Morgan fingerprint density at radius 2 is 2.31 bits per heavy atom. The summed E-state index contributed by atoms with van der Waals surface area (Å²) in [5.41, 5.74) is 1.04. The van der Waals surface area contributed by atoms with E-state index in [4.69, 9.17) is 0 Å². The highest BCUT2D eigenvalue weighted by Gasteiger charge is 2.37. The van der Waals surface area contributed by atoms with Gasteiger partial charge in [0.15, 0.2) is 0 Å². The van der Waals surface area contributed by atoms with Gasteiger partial charge in [0, 0.05) is 5.92 Å². The summed E-state index contributed by atoms with van der Waals surface area (Å²) in [5, 5.41) is 9.40. The van der Waals surface area contributed by atoms with Gasteiger partial charge in [-0.1, -0.05) is 0 Å². The Morgan fingerprint density at radius 1 is 1.62 bits per heavy atom. The standard InChI is InChI=1S/C9H11NO3/c1-13-9(12)7-6(11)4-10-8(7)5-2-3-5/h5,11H,2-4H2,1H3. The molecule has 0 amide bonds. The summed E-state index contributed by atoms with van der Waals surface area (Å²) in [5.74, 6) is -0.0480. The minimum absolute atomic E-state index is 0.0498. The predicted molar refractivity (Wildman–Crippen MR) is 46.7 cm³/mol. The van der Waals surface area contributed by atoms with Crippen molar-refractivity contribution < 1.29 is 14.6 Å². The lowest BCUT2D eigenvalue weighted by atomic mass is 10.1. The lowest BCUT2D eigenvalue weighted by Crippen LogP contribution is -2.15. The summed E-state index contributed by atoms with van der Waals surface area (Å²) in [6.45, 7) is 0.232. The van der Waals surface area contributed by atoms with Gasteiger partial charge < -0.3 is 9.84 Å². The highest BCUT2D eigenvalue weighted by atomic mass is 16.5. The normalized spacial score (nSPS) is 21.8. The lowest BCUT2D eigenvalue weighted by molar-refractivity contribution is -0.135. The Bertz CT molecular complexity index is 313. The number of ether oxygens (including phenoxy) is 1. The van der Waals surface area contributed by atoms with Gasteiger partial charge in [-0.2, -0.15) is 0 Å². The van der Waals surface area contributed by atoms with Gasteiger partial charge in [0.1, 0.15) is 11.3 Å². The van der Waals surface area contributed by atoms with Crippen LogP contribution in [0.25, 0.3) is 0 Å². The fourth-order valence-corrected chi connectivity index (χ4v) is 1.48. The van der Waals surface area contributed by atoms with Gasteiger partial charge in [-0.05, 0) is 12.8 Å². The monoisotopic (exact) mass is 181 g/mol. The molecular weight excluding hydrogens is 170 g/mol. The van der Waals surface area contributed by atoms with Gasteiger partial charge in [0.25, 0.3) is 0 Å². The molecule has 2 aliphatic rings. The van der Waals surface area contributed by atoms with Crippen molar-refractivity contribution in [2.75, 3.05) is 13.7 Å². The number of rotatable bonds is 2. The first kappa shape index (κ1) is 8.29. The number of hydrogen-bond acceptors (Lipinski definition) is 4. The molecule has 1 heterocycles. The molecule has 1 aliphatic carbocycles. The molecule has 0 aromatic rings. The van der Waals surface area contributed by atoms with Crippen molar-refractivity contribution in [2.24, 2.45) is 10.9 Å². The fourth-order valence-electron chi connectivity index (χ4n) is 1.48. The van der Waals surface area contributed by atoms with Crippen molar-refractivity contribution in [3.63, 3.8) is 0 Å². The van der Waals surface area contributed by atoms with Crippen LogP contribution in [0, 0.1) is 5.92 Å². The van der Waals surface area contributed by atoms with Crippen LogP contribution in [0.15, 0.2) is 16.3 Å². The van der Waals surface area contributed by atoms with Crippen LogP contribution in [0.1, 0.15) is 12.8 Å². The lowest BCUT2D eigenvalue weighted by Gasteiger charge is -2.02. The van der Waals surface area contributed by atoms with E-state index in [0.717, 1.165) is 18.6 Å². The topological polar surface area (TPSA) is 58.9 Å². The number of aliphatic hydroxyl groups is 1. The Balaban J connectivity index is 2.26. The molecule has 1 aliphatic heterocycles. The van der Waals surface area contributed by atoms with Gasteiger partial charge in [0.2, 0.25) is 0 Å². The highest BCUT2D eigenvalue weighted by Crippen LogP contribution is 2.36. The largest absolute Gasteiger partial charge is 0.509 e. The molecule has 0 unspecified atom stereocenters. The molecule has 0 aromatic heterocycles. The molecule has 4 nitrogen and oxygen atoms in total. The van der Waals surface area contributed by atoms with Crippen LogP contribution in [0.2, 0.25) is 0 Å². The molecule has 2 rings (SSSR count). The first-order valence-electron chi connectivity index (χ1n) is 4.29. The van der Waals surface area contributed by atoms with Crippen LogP contribution in [0.4, 0.5) is 0 Å². The molecule has 4 heteroatoms. The van der Waals surface area contributed by atoms with Crippen molar-refractivity contribution in [2.45, 2.75) is 12.8 Å². The Kier molecular flexibility index (Phi) is 1.83. The van der Waals surface area contributed by atoms with E-state index >= 15 is 0 Å². The van der Waals surface area contributed by atoms with E-state index in [2.05, 4.69) is 9.73 Å². The molecule has 70 valence electrons. The van der Waals surface area contributed by atoms with E-state index < -0.39 is 5.97 Å². The third kappa shape index (κ3) is 1.32. The zero-order valence-corrected chi connectivity index (χ0v) is 7.41. The van der Waals surface area contributed by atoms with Crippen LogP contribution in [0.5, 0.6) is 0 Å². The number of esters is 1. The summed E-state index contributed by atoms with van der Waals surface area (Å²) >= 11 is 0. The summed E-state index contributed by atoms with van der Waals surface area (Å²) in [6.07, 6.45) is 2.12. The van der Waals surface area contributed by atoms with Gasteiger partial charge in [-0.15, -0.1) is 0 Å². The van der Waals surface area contributed by atoms with Crippen LogP contribution in [0.3, 0.4) is 0 Å². The van der Waals surface area contributed by atoms with Crippen LogP contribution >= 0.6 is 0 Å². The number of hydrogen-bond donors (Lipinski definition) is 1. The Morgan fingerprint density at radius 3 is 2.85 bits per heavy atom. The van der Waals surface area contributed by atoms with Crippen molar-refractivity contribution >= 4 is 11.7 Å². The molecule has 1 fully saturated rings. The van der Waals surface area contributed by atoms with Crippen molar-refractivity contribution in [3.05, 3.63) is 11.3 Å². The molecular formula is C9H11NO3. The number of carbonyl (C=O) groups is 1. The number of nitrogens with zero attached hydrogens (tertiary/aromatic N) is 1. The maximum absolute atomic E-state index is 11.2. The van der Waals surface area contributed by atoms with E-state index in [1.807, 2.05) is 0 Å². The summed E-state index contributed by atoms with van der Waals surface area (Å²) in [4.78, 5) is 15.4. The third-order valence-corrected chi connectivity index (χ3v) is 2.30. The maximum Gasteiger partial charge on any atom is 0.343 e. The molecule has 0 aromatic carbocycles. The molecule has 0 spiro atoms. The van der Waals surface area contributed by atoms with Gasteiger partial charge in [-0.3, -0.25) is 4.99 Å². The molecule has 0 bridgehead atoms. The number of aliphatic hydroxyl groups excluding tert-OH is 1. The van der Waals surface area contributed by atoms with Gasteiger partial charge >= 0.3 is 5.97 Å². The van der Waals surface area contributed by atoms with E-state index in [9.17, 15) is 9.90 Å². The van der Waals surface area contributed by atoms with Crippen LogP contribution in [-0.2, 0) is 9.53 Å². The van der Waals surface area contributed by atoms with Crippen LogP contribution < -0.4 is 0 Å². The zero-order valence-electron chi connectivity index (χ0n) is 7.41. The molecule has 1 N–H and O–H groups in total. The smallest absolute Gasteiger partial charge is 0.343 e. The molecule has 1 saturated carbocycles. The molecule has 0 atom stereocenters. The summed E-state index contributed by atoms with van der Waals surface area (Å²) in [7, 11) is 1.31. The van der Waals surface area contributed by atoms with Crippen LogP contribution in [-0.4, -0.2) is 30.4 Å².